The zero-order valence-corrected chi connectivity index (χ0v) is 20.1. The average Bonchev–Trinajstić information content (AvgIpc) is 3.40. The molecule has 34 heavy (non-hydrogen) atoms. The van der Waals surface area contributed by atoms with Crippen molar-refractivity contribution in [2.45, 2.75) is 31.0 Å². The van der Waals surface area contributed by atoms with E-state index >= 15 is 0 Å². The van der Waals surface area contributed by atoms with Crippen LogP contribution in [0.25, 0.3) is 26.7 Å². The summed E-state index contributed by atoms with van der Waals surface area (Å²) in [5.74, 6) is 0.520. The Morgan fingerprint density at radius 2 is 1.68 bits per heavy atom. The number of rotatable bonds is 6. The zero-order chi connectivity index (χ0) is 24.7. The summed E-state index contributed by atoms with van der Waals surface area (Å²) < 4.78 is 71.4. The first kappa shape index (κ1) is 24.0. The Kier molecular flexibility index (Phi) is 6.30. The predicted molar refractivity (Wildman–Crippen MR) is 126 cm³/mol. The molecule has 0 aliphatic heterocycles. The van der Waals surface area contributed by atoms with Crippen molar-refractivity contribution < 1.29 is 26.3 Å². The van der Waals surface area contributed by atoms with Gasteiger partial charge in [-0.25, -0.2) is 13.1 Å². The topological polar surface area (TPSA) is 61.2 Å². The molecule has 0 radical (unpaired) electrons. The molecule has 2 aromatic carbocycles. The molecule has 4 rings (SSSR count). The SMILES string of the molecule is CC(C)Oc1cccc(-n2nc(C(F)(F)F)cc2-c2ccc(-c3cccc(S(C)(=O)=O)c3)s2)c1. The predicted octanol–water partition coefficient (Wildman–Crippen LogP) is 6.48. The van der Waals surface area contributed by atoms with E-state index in [4.69, 9.17) is 4.74 Å². The Balaban J connectivity index is 1.80. The average molecular weight is 507 g/mol. The highest BCUT2D eigenvalue weighted by Crippen LogP contribution is 2.39. The van der Waals surface area contributed by atoms with Gasteiger partial charge in [0.15, 0.2) is 15.5 Å². The molecule has 0 aliphatic rings. The molecular formula is C24H21F3N2O3S2. The fraction of sp³-hybridized carbons (Fsp3) is 0.208. The normalized spacial score (nSPS) is 12.3. The zero-order valence-electron chi connectivity index (χ0n) is 18.5. The third kappa shape index (κ3) is 5.18. The number of ether oxygens (including phenoxy) is 1. The Bertz CT molecular complexity index is 1440. The van der Waals surface area contributed by atoms with Crippen LogP contribution in [0.1, 0.15) is 19.5 Å². The molecule has 178 valence electrons. The number of alkyl halides is 3. The second kappa shape index (κ2) is 8.92. The van der Waals surface area contributed by atoms with Crippen LogP contribution in [-0.4, -0.2) is 30.6 Å². The molecule has 0 saturated carbocycles. The highest BCUT2D eigenvalue weighted by molar-refractivity contribution is 7.90. The van der Waals surface area contributed by atoms with Crippen molar-refractivity contribution in [2.75, 3.05) is 6.26 Å². The Hall–Kier alpha value is -3.11. The third-order valence-electron chi connectivity index (χ3n) is 4.84. The van der Waals surface area contributed by atoms with E-state index in [1.165, 1.54) is 22.1 Å². The smallest absolute Gasteiger partial charge is 0.435 e. The van der Waals surface area contributed by atoms with Crippen LogP contribution in [0.4, 0.5) is 13.2 Å². The number of hydrogen-bond donors (Lipinski definition) is 0. The van der Waals surface area contributed by atoms with Crippen LogP contribution in [0.5, 0.6) is 5.75 Å². The van der Waals surface area contributed by atoms with E-state index in [-0.39, 0.29) is 16.7 Å². The van der Waals surface area contributed by atoms with Crippen molar-refractivity contribution in [1.82, 2.24) is 9.78 Å². The molecule has 0 spiro atoms. The quantitative estimate of drug-likeness (QED) is 0.300. The van der Waals surface area contributed by atoms with Gasteiger partial charge in [0.2, 0.25) is 0 Å². The van der Waals surface area contributed by atoms with Gasteiger partial charge in [-0.2, -0.15) is 18.3 Å². The van der Waals surface area contributed by atoms with Crippen LogP contribution in [0.3, 0.4) is 0 Å². The standard InChI is InChI=1S/C24H21F3N2O3S2/c1-15(2)32-18-8-5-7-17(13-18)29-20(14-23(28-29)24(25,26)27)22-11-10-21(33-22)16-6-4-9-19(12-16)34(3,30)31/h4-15H,1-3H3. The second-order valence-corrected chi connectivity index (χ2v) is 11.1. The molecule has 4 aromatic rings. The molecule has 0 saturated heterocycles. The van der Waals surface area contributed by atoms with Gasteiger partial charge in [-0.3, -0.25) is 0 Å². The van der Waals surface area contributed by atoms with Gasteiger partial charge in [-0.05, 0) is 61.9 Å². The molecule has 0 amide bonds. The van der Waals surface area contributed by atoms with Crippen LogP contribution in [0, 0.1) is 0 Å². The minimum absolute atomic E-state index is 0.0966. The van der Waals surface area contributed by atoms with Crippen molar-refractivity contribution in [3.8, 4) is 32.4 Å². The maximum Gasteiger partial charge on any atom is 0.435 e. The Morgan fingerprint density at radius 1 is 0.971 bits per heavy atom. The molecule has 0 N–H and O–H groups in total. The lowest BCUT2D eigenvalue weighted by Crippen LogP contribution is -2.08. The van der Waals surface area contributed by atoms with E-state index in [0.717, 1.165) is 17.2 Å². The van der Waals surface area contributed by atoms with Crippen molar-refractivity contribution in [1.29, 1.82) is 0 Å². The first-order valence-corrected chi connectivity index (χ1v) is 13.0. The van der Waals surface area contributed by atoms with Crippen LogP contribution < -0.4 is 4.74 Å². The second-order valence-electron chi connectivity index (χ2n) is 7.95. The fourth-order valence-corrected chi connectivity index (χ4v) is 5.03. The summed E-state index contributed by atoms with van der Waals surface area (Å²) in [6.45, 7) is 3.72. The van der Waals surface area contributed by atoms with Gasteiger partial charge in [0.25, 0.3) is 0 Å². The summed E-state index contributed by atoms with van der Waals surface area (Å²) in [6.07, 6.45) is -3.59. The molecule has 2 aromatic heterocycles. The first-order chi connectivity index (χ1) is 15.9. The van der Waals surface area contributed by atoms with Crippen molar-refractivity contribution in [3.63, 3.8) is 0 Å². The molecule has 0 bridgehead atoms. The number of benzene rings is 2. The number of hydrogen-bond acceptors (Lipinski definition) is 5. The van der Waals surface area contributed by atoms with Crippen LogP contribution >= 0.6 is 11.3 Å². The molecule has 2 heterocycles. The van der Waals surface area contributed by atoms with E-state index in [0.29, 0.717) is 21.9 Å². The first-order valence-electron chi connectivity index (χ1n) is 10.3. The van der Waals surface area contributed by atoms with Crippen molar-refractivity contribution >= 4 is 21.2 Å². The van der Waals surface area contributed by atoms with Crippen molar-refractivity contribution in [3.05, 3.63) is 72.4 Å². The summed E-state index contributed by atoms with van der Waals surface area (Å²) in [6, 6.07) is 17.7. The lowest BCUT2D eigenvalue weighted by molar-refractivity contribution is -0.141. The lowest BCUT2D eigenvalue weighted by atomic mass is 10.2. The minimum Gasteiger partial charge on any atom is -0.491 e. The monoisotopic (exact) mass is 506 g/mol. The number of halogens is 3. The maximum atomic E-state index is 13.5. The number of thiophene rings is 1. The molecule has 0 atom stereocenters. The third-order valence-corrected chi connectivity index (χ3v) is 7.11. The summed E-state index contributed by atoms with van der Waals surface area (Å²) in [5, 5.41) is 3.84. The van der Waals surface area contributed by atoms with Gasteiger partial charge < -0.3 is 4.74 Å². The van der Waals surface area contributed by atoms with Gasteiger partial charge in [0.05, 0.1) is 27.3 Å². The Labute approximate surface area is 199 Å². The summed E-state index contributed by atoms with van der Waals surface area (Å²) in [5.41, 5.74) is 0.350. The van der Waals surface area contributed by atoms with Gasteiger partial charge in [-0.1, -0.05) is 18.2 Å². The number of aromatic nitrogens is 2. The summed E-state index contributed by atoms with van der Waals surface area (Å²) in [4.78, 5) is 1.45. The Morgan fingerprint density at radius 3 is 2.35 bits per heavy atom. The molecule has 0 unspecified atom stereocenters. The van der Waals surface area contributed by atoms with Crippen molar-refractivity contribution in [2.24, 2.45) is 0 Å². The highest BCUT2D eigenvalue weighted by Gasteiger charge is 2.35. The van der Waals surface area contributed by atoms with E-state index in [2.05, 4.69) is 5.10 Å². The maximum absolute atomic E-state index is 13.5. The summed E-state index contributed by atoms with van der Waals surface area (Å²) in [7, 11) is -3.39. The molecule has 0 aliphatic carbocycles. The molecular weight excluding hydrogens is 485 g/mol. The molecule has 10 heteroatoms. The van der Waals surface area contributed by atoms with Crippen LogP contribution in [-0.2, 0) is 16.0 Å². The van der Waals surface area contributed by atoms with Crippen LogP contribution in [0.2, 0.25) is 0 Å². The fourth-order valence-electron chi connectivity index (χ4n) is 3.36. The van der Waals surface area contributed by atoms with Gasteiger partial charge in [-0.15, -0.1) is 11.3 Å². The van der Waals surface area contributed by atoms with Gasteiger partial charge in [0, 0.05) is 17.2 Å². The highest BCUT2D eigenvalue weighted by atomic mass is 32.2. The van der Waals surface area contributed by atoms with E-state index < -0.39 is 21.7 Å². The minimum atomic E-state index is -4.62. The van der Waals surface area contributed by atoms with E-state index in [1.54, 1.807) is 54.6 Å². The van der Waals surface area contributed by atoms with E-state index in [9.17, 15) is 21.6 Å². The number of sulfone groups is 1. The molecule has 5 nitrogen and oxygen atoms in total. The van der Waals surface area contributed by atoms with Gasteiger partial charge >= 0.3 is 6.18 Å². The molecule has 0 fully saturated rings. The summed E-state index contributed by atoms with van der Waals surface area (Å²) >= 11 is 1.25. The number of nitrogens with zero attached hydrogens (tertiary/aromatic N) is 2. The lowest BCUT2D eigenvalue weighted by Gasteiger charge is -2.12. The van der Waals surface area contributed by atoms with E-state index in [1.807, 2.05) is 13.8 Å². The largest absolute Gasteiger partial charge is 0.491 e. The van der Waals surface area contributed by atoms with Crippen LogP contribution in [0.15, 0.2) is 71.6 Å². The van der Waals surface area contributed by atoms with Gasteiger partial charge in [0.1, 0.15) is 5.75 Å².